The molecule has 1 saturated heterocycles. The van der Waals surface area contributed by atoms with Crippen molar-refractivity contribution >= 4 is 15.9 Å². The number of benzene rings is 1. The van der Waals surface area contributed by atoms with Crippen LogP contribution in [0.3, 0.4) is 0 Å². The van der Waals surface area contributed by atoms with Gasteiger partial charge in [0.2, 0.25) is 0 Å². The number of hydrogen-bond acceptors (Lipinski definition) is 4. The van der Waals surface area contributed by atoms with E-state index < -0.39 is 0 Å². The molecule has 0 radical (unpaired) electrons. The van der Waals surface area contributed by atoms with Crippen molar-refractivity contribution < 1.29 is 9.84 Å². The first-order chi connectivity index (χ1) is 9.55. The van der Waals surface area contributed by atoms with Crippen LogP contribution in [-0.2, 0) is 6.54 Å². The van der Waals surface area contributed by atoms with Gasteiger partial charge in [0, 0.05) is 32.2 Å². The summed E-state index contributed by atoms with van der Waals surface area (Å²) in [7, 11) is 3.78. The van der Waals surface area contributed by atoms with Crippen LogP contribution < -0.4 is 4.74 Å². The maximum absolute atomic E-state index is 9.85. The molecule has 0 spiro atoms. The highest BCUT2D eigenvalue weighted by Crippen LogP contribution is 2.35. The Kier molecular flexibility index (Phi) is 5.29. The van der Waals surface area contributed by atoms with E-state index in [4.69, 9.17) is 4.74 Å². The maximum Gasteiger partial charge on any atom is 0.172 e. The number of piperazine rings is 1. The van der Waals surface area contributed by atoms with E-state index in [-0.39, 0.29) is 5.75 Å². The number of likely N-dealkylation sites (N-methyl/N-ethyl adjacent to an activating group) is 1. The SMILES string of the molecule is CCC1CN(Cc2cc(Br)c(O)c(OC)c2)CCN1C. The van der Waals surface area contributed by atoms with Crippen LogP contribution in [0.4, 0.5) is 0 Å². The summed E-state index contributed by atoms with van der Waals surface area (Å²) in [6.45, 7) is 6.40. The summed E-state index contributed by atoms with van der Waals surface area (Å²) in [5, 5.41) is 9.85. The van der Waals surface area contributed by atoms with Crippen molar-refractivity contribution in [3.05, 3.63) is 22.2 Å². The molecule has 0 aromatic heterocycles. The zero-order chi connectivity index (χ0) is 14.7. The third-order valence-corrected chi connectivity index (χ3v) is 4.65. The number of phenolic OH excluding ortho intramolecular Hbond substituents is 1. The molecule has 0 amide bonds. The highest BCUT2D eigenvalue weighted by atomic mass is 79.9. The average Bonchev–Trinajstić information content (AvgIpc) is 2.44. The van der Waals surface area contributed by atoms with Crippen molar-refractivity contribution in [2.45, 2.75) is 25.9 Å². The van der Waals surface area contributed by atoms with E-state index in [1.54, 1.807) is 7.11 Å². The van der Waals surface area contributed by atoms with Crippen LogP contribution in [0.2, 0.25) is 0 Å². The third-order valence-electron chi connectivity index (χ3n) is 4.05. The molecule has 1 aromatic carbocycles. The summed E-state index contributed by atoms with van der Waals surface area (Å²) in [6, 6.07) is 4.52. The second kappa shape index (κ2) is 6.78. The van der Waals surface area contributed by atoms with E-state index in [1.165, 1.54) is 6.42 Å². The Bertz CT molecular complexity index is 467. The smallest absolute Gasteiger partial charge is 0.172 e. The van der Waals surface area contributed by atoms with Gasteiger partial charge in [-0.05, 0) is 47.1 Å². The van der Waals surface area contributed by atoms with Gasteiger partial charge < -0.3 is 14.7 Å². The minimum Gasteiger partial charge on any atom is -0.503 e. The van der Waals surface area contributed by atoms with Gasteiger partial charge in [-0.3, -0.25) is 4.90 Å². The monoisotopic (exact) mass is 342 g/mol. The zero-order valence-electron chi connectivity index (χ0n) is 12.4. The van der Waals surface area contributed by atoms with E-state index in [0.29, 0.717) is 16.3 Å². The summed E-state index contributed by atoms with van der Waals surface area (Å²) >= 11 is 3.38. The van der Waals surface area contributed by atoms with Crippen molar-refractivity contribution in [1.82, 2.24) is 9.80 Å². The molecule has 1 aliphatic heterocycles. The van der Waals surface area contributed by atoms with E-state index in [1.807, 2.05) is 12.1 Å². The van der Waals surface area contributed by atoms with Gasteiger partial charge >= 0.3 is 0 Å². The molecule has 0 aliphatic carbocycles. The second-order valence-electron chi connectivity index (χ2n) is 5.41. The molecule has 2 rings (SSSR count). The Morgan fingerprint density at radius 1 is 1.40 bits per heavy atom. The molecule has 1 unspecified atom stereocenters. The largest absolute Gasteiger partial charge is 0.503 e. The lowest BCUT2D eigenvalue weighted by Crippen LogP contribution is -2.50. The first-order valence-electron chi connectivity index (χ1n) is 7.03. The van der Waals surface area contributed by atoms with Gasteiger partial charge in [0.1, 0.15) is 0 Å². The molecule has 20 heavy (non-hydrogen) atoms. The van der Waals surface area contributed by atoms with Gasteiger partial charge in [0.05, 0.1) is 11.6 Å². The zero-order valence-corrected chi connectivity index (χ0v) is 14.0. The van der Waals surface area contributed by atoms with E-state index >= 15 is 0 Å². The molecule has 1 aromatic rings. The number of aromatic hydroxyl groups is 1. The van der Waals surface area contributed by atoms with Crippen LogP contribution in [0, 0.1) is 0 Å². The molecule has 1 aliphatic rings. The Labute approximate surface area is 129 Å². The Hall–Kier alpha value is -0.780. The van der Waals surface area contributed by atoms with E-state index in [2.05, 4.69) is 39.7 Å². The highest BCUT2D eigenvalue weighted by molar-refractivity contribution is 9.10. The number of halogens is 1. The van der Waals surface area contributed by atoms with Crippen molar-refractivity contribution in [2.75, 3.05) is 33.8 Å². The summed E-state index contributed by atoms with van der Waals surface area (Å²) in [4.78, 5) is 4.90. The predicted molar refractivity (Wildman–Crippen MR) is 84.3 cm³/mol. The topological polar surface area (TPSA) is 35.9 Å². The first-order valence-corrected chi connectivity index (χ1v) is 7.82. The summed E-state index contributed by atoms with van der Waals surface area (Å²) in [5.41, 5.74) is 1.16. The van der Waals surface area contributed by atoms with Gasteiger partial charge in [-0.25, -0.2) is 0 Å². The summed E-state index contributed by atoms with van der Waals surface area (Å²) < 4.78 is 5.90. The van der Waals surface area contributed by atoms with Crippen LogP contribution in [0.25, 0.3) is 0 Å². The minimum absolute atomic E-state index is 0.168. The molecule has 112 valence electrons. The Morgan fingerprint density at radius 3 is 2.80 bits per heavy atom. The van der Waals surface area contributed by atoms with E-state index in [9.17, 15) is 5.11 Å². The lowest BCUT2D eigenvalue weighted by atomic mass is 10.1. The maximum atomic E-state index is 9.85. The first kappa shape index (κ1) is 15.6. The fraction of sp³-hybridized carbons (Fsp3) is 0.600. The molecule has 0 bridgehead atoms. The highest BCUT2D eigenvalue weighted by Gasteiger charge is 2.23. The normalized spacial score (nSPS) is 21.1. The van der Waals surface area contributed by atoms with Gasteiger partial charge in [-0.2, -0.15) is 0 Å². The number of rotatable bonds is 4. The van der Waals surface area contributed by atoms with Crippen LogP contribution in [0.5, 0.6) is 11.5 Å². The number of nitrogens with zero attached hydrogens (tertiary/aromatic N) is 2. The molecule has 5 heteroatoms. The fourth-order valence-electron chi connectivity index (χ4n) is 2.73. The molecule has 4 nitrogen and oxygen atoms in total. The average molecular weight is 343 g/mol. The van der Waals surface area contributed by atoms with Crippen LogP contribution >= 0.6 is 15.9 Å². The minimum atomic E-state index is 0.168. The lowest BCUT2D eigenvalue weighted by molar-refractivity contribution is 0.0883. The molecule has 0 saturated carbocycles. The van der Waals surface area contributed by atoms with Crippen molar-refractivity contribution in [3.63, 3.8) is 0 Å². The lowest BCUT2D eigenvalue weighted by Gasteiger charge is -2.39. The van der Waals surface area contributed by atoms with E-state index in [0.717, 1.165) is 31.7 Å². The number of hydrogen-bond donors (Lipinski definition) is 1. The molecule has 1 atom stereocenters. The number of methoxy groups -OCH3 is 1. The summed E-state index contributed by atoms with van der Waals surface area (Å²) in [6.07, 6.45) is 1.18. The molecule has 1 fully saturated rings. The van der Waals surface area contributed by atoms with Crippen molar-refractivity contribution in [2.24, 2.45) is 0 Å². The summed E-state index contributed by atoms with van der Waals surface area (Å²) in [5.74, 6) is 0.691. The molecule has 1 N–H and O–H groups in total. The third kappa shape index (κ3) is 3.45. The Balaban J connectivity index is 2.08. The van der Waals surface area contributed by atoms with Gasteiger partial charge in [-0.15, -0.1) is 0 Å². The van der Waals surface area contributed by atoms with Gasteiger partial charge in [0.15, 0.2) is 11.5 Å². The van der Waals surface area contributed by atoms with Gasteiger partial charge in [0.25, 0.3) is 0 Å². The van der Waals surface area contributed by atoms with Crippen LogP contribution in [0.15, 0.2) is 16.6 Å². The number of phenols is 1. The fourth-order valence-corrected chi connectivity index (χ4v) is 3.22. The molecular formula is C15H23BrN2O2. The second-order valence-corrected chi connectivity index (χ2v) is 6.26. The molecular weight excluding hydrogens is 320 g/mol. The number of ether oxygens (including phenoxy) is 1. The predicted octanol–water partition coefficient (Wildman–Crippen LogP) is 2.69. The quantitative estimate of drug-likeness (QED) is 0.912. The van der Waals surface area contributed by atoms with Gasteiger partial charge in [-0.1, -0.05) is 6.92 Å². The standard InChI is InChI=1S/C15H23BrN2O2/c1-4-12-10-18(6-5-17(12)2)9-11-7-13(16)15(19)14(8-11)20-3/h7-8,12,19H,4-6,9-10H2,1-3H3. The van der Waals surface area contributed by atoms with Crippen LogP contribution in [-0.4, -0.2) is 54.7 Å². The Morgan fingerprint density at radius 2 is 2.15 bits per heavy atom. The van der Waals surface area contributed by atoms with Crippen molar-refractivity contribution in [3.8, 4) is 11.5 Å². The van der Waals surface area contributed by atoms with Crippen molar-refractivity contribution in [1.29, 1.82) is 0 Å². The molecule has 1 heterocycles. The van der Waals surface area contributed by atoms with Crippen LogP contribution in [0.1, 0.15) is 18.9 Å².